The van der Waals surface area contributed by atoms with Gasteiger partial charge >= 0.3 is 0 Å². The van der Waals surface area contributed by atoms with Gasteiger partial charge in [0.1, 0.15) is 0 Å². The molecule has 0 aliphatic heterocycles. The highest BCUT2D eigenvalue weighted by Gasteiger charge is 2.19. The SMILES string of the molecule is Cc1ccccc1NC(=O)c1ccccc1NS(=O)(=O)c1ccc(Cl)cc1. The summed E-state index contributed by atoms with van der Waals surface area (Å²) in [5, 5.41) is 3.25. The Balaban J connectivity index is 1.89. The summed E-state index contributed by atoms with van der Waals surface area (Å²) in [5.74, 6) is -0.404. The molecule has 0 aromatic heterocycles. The van der Waals surface area contributed by atoms with E-state index in [9.17, 15) is 13.2 Å². The lowest BCUT2D eigenvalue weighted by Crippen LogP contribution is -2.18. The lowest BCUT2D eigenvalue weighted by atomic mass is 10.1. The molecule has 0 radical (unpaired) electrons. The van der Waals surface area contributed by atoms with Crippen molar-refractivity contribution in [3.8, 4) is 0 Å². The van der Waals surface area contributed by atoms with Gasteiger partial charge in [0.05, 0.1) is 16.1 Å². The topological polar surface area (TPSA) is 75.3 Å². The number of aryl methyl sites for hydroxylation is 1. The molecule has 0 spiro atoms. The van der Waals surface area contributed by atoms with Crippen molar-refractivity contribution in [2.45, 2.75) is 11.8 Å². The van der Waals surface area contributed by atoms with E-state index < -0.39 is 15.9 Å². The lowest BCUT2D eigenvalue weighted by Gasteiger charge is -2.13. The van der Waals surface area contributed by atoms with Crippen molar-refractivity contribution in [3.05, 3.63) is 88.9 Å². The van der Waals surface area contributed by atoms with Crippen molar-refractivity contribution < 1.29 is 13.2 Å². The molecule has 0 unspecified atom stereocenters. The summed E-state index contributed by atoms with van der Waals surface area (Å²) in [6.07, 6.45) is 0. The summed E-state index contributed by atoms with van der Waals surface area (Å²) in [4.78, 5) is 12.7. The number of halogens is 1. The van der Waals surface area contributed by atoms with Gasteiger partial charge in [0.15, 0.2) is 0 Å². The van der Waals surface area contributed by atoms with Crippen molar-refractivity contribution in [1.29, 1.82) is 0 Å². The maximum Gasteiger partial charge on any atom is 0.261 e. The van der Waals surface area contributed by atoms with E-state index in [1.54, 1.807) is 30.3 Å². The molecule has 0 heterocycles. The third-order valence-corrected chi connectivity index (χ3v) is 5.57. The molecule has 0 aliphatic rings. The third kappa shape index (κ3) is 4.48. The number of hydrogen-bond acceptors (Lipinski definition) is 3. The number of hydrogen-bond donors (Lipinski definition) is 2. The Labute approximate surface area is 163 Å². The molecule has 27 heavy (non-hydrogen) atoms. The van der Waals surface area contributed by atoms with E-state index >= 15 is 0 Å². The maximum atomic E-state index is 12.7. The fourth-order valence-corrected chi connectivity index (χ4v) is 3.70. The number of sulfonamides is 1. The third-order valence-electron chi connectivity index (χ3n) is 3.93. The predicted molar refractivity (Wildman–Crippen MR) is 108 cm³/mol. The van der Waals surface area contributed by atoms with Crippen LogP contribution in [-0.4, -0.2) is 14.3 Å². The average Bonchev–Trinajstić information content (AvgIpc) is 2.64. The molecule has 0 bridgehead atoms. The Bertz CT molecular complexity index is 1080. The van der Waals surface area contributed by atoms with Crippen LogP contribution in [0.5, 0.6) is 0 Å². The van der Waals surface area contributed by atoms with Crippen LogP contribution in [0.25, 0.3) is 0 Å². The van der Waals surface area contributed by atoms with E-state index in [0.29, 0.717) is 10.7 Å². The van der Waals surface area contributed by atoms with E-state index in [-0.39, 0.29) is 16.1 Å². The highest BCUT2D eigenvalue weighted by Crippen LogP contribution is 2.23. The van der Waals surface area contributed by atoms with Gasteiger partial charge in [-0.1, -0.05) is 41.9 Å². The van der Waals surface area contributed by atoms with E-state index in [1.165, 1.54) is 24.3 Å². The molecule has 3 rings (SSSR count). The Hall–Kier alpha value is -2.83. The quantitative estimate of drug-likeness (QED) is 0.651. The van der Waals surface area contributed by atoms with Crippen LogP contribution < -0.4 is 10.0 Å². The molecular formula is C20H17ClN2O3S. The van der Waals surface area contributed by atoms with Gasteiger partial charge in [0, 0.05) is 10.7 Å². The predicted octanol–water partition coefficient (Wildman–Crippen LogP) is 4.70. The number of anilines is 2. The molecule has 0 atom stereocenters. The fourth-order valence-electron chi connectivity index (χ4n) is 2.49. The standard InChI is InChI=1S/C20H17ClN2O3S/c1-14-6-2-4-8-18(14)22-20(24)17-7-3-5-9-19(17)23-27(25,26)16-12-10-15(21)11-13-16/h2-13,23H,1H3,(H,22,24). The summed E-state index contributed by atoms with van der Waals surface area (Å²) in [5.41, 5.74) is 1.99. The van der Waals surface area contributed by atoms with Crippen molar-refractivity contribution in [1.82, 2.24) is 0 Å². The highest BCUT2D eigenvalue weighted by atomic mass is 35.5. The Kier molecular flexibility index (Phi) is 5.48. The van der Waals surface area contributed by atoms with E-state index in [4.69, 9.17) is 11.6 Å². The second-order valence-electron chi connectivity index (χ2n) is 5.87. The Morgan fingerprint density at radius 1 is 0.852 bits per heavy atom. The number of benzene rings is 3. The normalized spacial score (nSPS) is 11.0. The first-order chi connectivity index (χ1) is 12.9. The average molecular weight is 401 g/mol. The largest absolute Gasteiger partial charge is 0.322 e. The molecule has 0 saturated carbocycles. The van der Waals surface area contributed by atoms with Crippen LogP contribution in [0, 0.1) is 6.92 Å². The van der Waals surface area contributed by atoms with Gasteiger partial charge in [-0.25, -0.2) is 8.42 Å². The van der Waals surface area contributed by atoms with Gasteiger partial charge in [-0.15, -0.1) is 0 Å². The fraction of sp³-hybridized carbons (Fsp3) is 0.0500. The molecule has 7 heteroatoms. The number of carbonyl (C=O) groups is 1. The molecule has 0 saturated heterocycles. The zero-order chi connectivity index (χ0) is 19.4. The minimum absolute atomic E-state index is 0.0565. The molecule has 5 nitrogen and oxygen atoms in total. The smallest absolute Gasteiger partial charge is 0.261 e. The number of rotatable bonds is 5. The first kappa shape index (κ1) is 18.9. The summed E-state index contributed by atoms with van der Waals surface area (Å²) in [6, 6.07) is 19.6. The Morgan fingerprint density at radius 3 is 2.11 bits per heavy atom. The van der Waals surface area contributed by atoms with E-state index in [1.807, 2.05) is 25.1 Å². The highest BCUT2D eigenvalue weighted by molar-refractivity contribution is 7.92. The molecule has 138 valence electrons. The molecular weight excluding hydrogens is 384 g/mol. The monoisotopic (exact) mass is 400 g/mol. The van der Waals surface area contributed by atoms with Crippen molar-refractivity contribution in [3.63, 3.8) is 0 Å². The molecule has 1 amide bonds. The van der Waals surface area contributed by atoms with Crippen molar-refractivity contribution in [2.24, 2.45) is 0 Å². The van der Waals surface area contributed by atoms with Gasteiger partial charge in [-0.3, -0.25) is 9.52 Å². The molecule has 0 aliphatic carbocycles. The van der Waals surface area contributed by atoms with Crippen LogP contribution in [-0.2, 0) is 10.0 Å². The van der Waals surface area contributed by atoms with Gasteiger partial charge in [0.25, 0.3) is 15.9 Å². The minimum Gasteiger partial charge on any atom is -0.322 e. The first-order valence-corrected chi connectivity index (χ1v) is 9.97. The van der Waals surface area contributed by atoms with Crippen LogP contribution in [0.15, 0.2) is 77.7 Å². The van der Waals surface area contributed by atoms with E-state index in [0.717, 1.165) is 5.56 Å². The first-order valence-electron chi connectivity index (χ1n) is 8.11. The maximum absolute atomic E-state index is 12.7. The summed E-state index contributed by atoms with van der Waals surface area (Å²) in [6.45, 7) is 1.88. The summed E-state index contributed by atoms with van der Waals surface area (Å²) < 4.78 is 27.7. The molecule has 3 aromatic carbocycles. The zero-order valence-corrected chi connectivity index (χ0v) is 16.0. The minimum atomic E-state index is -3.86. The van der Waals surface area contributed by atoms with E-state index in [2.05, 4.69) is 10.0 Å². The van der Waals surface area contributed by atoms with Crippen molar-refractivity contribution in [2.75, 3.05) is 10.0 Å². The lowest BCUT2D eigenvalue weighted by molar-refractivity contribution is 0.102. The number of carbonyl (C=O) groups excluding carboxylic acids is 1. The number of amides is 1. The molecule has 2 N–H and O–H groups in total. The van der Waals surface area contributed by atoms with Crippen LogP contribution >= 0.6 is 11.6 Å². The molecule has 0 fully saturated rings. The second kappa shape index (κ2) is 7.82. The molecule has 3 aromatic rings. The second-order valence-corrected chi connectivity index (χ2v) is 7.99. The summed E-state index contributed by atoms with van der Waals surface area (Å²) >= 11 is 5.81. The van der Waals surface area contributed by atoms with Crippen LogP contribution in [0.2, 0.25) is 5.02 Å². The van der Waals surface area contributed by atoms with Crippen LogP contribution in [0.1, 0.15) is 15.9 Å². The van der Waals surface area contributed by atoms with Gasteiger partial charge in [-0.05, 0) is 55.0 Å². The van der Waals surface area contributed by atoms with Gasteiger partial charge < -0.3 is 5.32 Å². The zero-order valence-electron chi connectivity index (χ0n) is 14.4. The summed E-state index contributed by atoms with van der Waals surface area (Å²) in [7, 11) is -3.86. The Morgan fingerprint density at radius 2 is 1.44 bits per heavy atom. The van der Waals surface area contributed by atoms with Crippen molar-refractivity contribution >= 4 is 38.9 Å². The van der Waals surface area contributed by atoms with Gasteiger partial charge in [0.2, 0.25) is 0 Å². The van der Waals surface area contributed by atoms with Crippen LogP contribution in [0.4, 0.5) is 11.4 Å². The van der Waals surface area contributed by atoms with Crippen LogP contribution in [0.3, 0.4) is 0 Å². The number of nitrogens with one attached hydrogen (secondary N) is 2. The number of para-hydroxylation sites is 2. The van der Waals surface area contributed by atoms with Gasteiger partial charge in [-0.2, -0.15) is 0 Å².